The van der Waals surface area contributed by atoms with E-state index in [9.17, 15) is 18.0 Å². The molecule has 0 aliphatic rings. The quantitative estimate of drug-likeness (QED) is 0.356. The van der Waals surface area contributed by atoms with Gasteiger partial charge in [0.15, 0.2) is 0 Å². The molecule has 2 aromatic carbocycles. The van der Waals surface area contributed by atoms with Gasteiger partial charge in [-0.3, -0.25) is 9.52 Å². The summed E-state index contributed by atoms with van der Waals surface area (Å²) in [5.41, 5.74) is 1.06. The van der Waals surface area contributed by atoms with Crippen LogP contribution in [0.4, 0.5) is 11.4 Å². The Morgan fingerprint density at radius 1 is 1.00 bits per heavy atom. The Hall–Kier alpha value is -3.17. The molecular formula is C22H22N2O5S2. The predicted octanol–water partition coefficient (Wildman–Crippen LogP) is 4.76. The number of sulfonamides is 1. The van der Waals surface area contributed by atoms with Gasteiger partial charge in [0, 0.05) is 5.69 Å². The molecule has 9 heteroatoms. The number of benzene rings is 2. The largest absolute Gasteiger partial charge is 0.462 e. The first-order chi connectivity index (χ1) is 14.9. The number of esters is 1. The Balaban J connectivity index is 1.67. The summed E-state index contributed by atoms with van der Waals surface area (Å²) >= 11 is 1.12. The van der Waals surface area contributed by atoms with Crippen molar-refractivity contribution in [3.05, 3.63) is 76.5 Å². The molecule has 2 N–H and O–H groups in total. The smallest absolute Gasteiger partial charge is 0.338 e. The summed E-state index contributed by atoms with van der Waals surface area (Å²) in [6.45, 7) is 2.38. The second kappa shape index (κ2) is 10.2. The van der Waals surface area contributed by atoms with Crippen LogP contribution in [0.25, 0.3) is 0 Å². The van der Waals surface area contributed by atoms with Crippen LogP contribution in [-0.4, -0.2) is 26.9 Å². The molecule has 7 nitrogen and oxygen atoms in total. The highest BCUT2D eigenvalue weighted by Crippen LogP contribution is 2.26. The van der Waals surface area contributed by atoms with Crippen LogP contribution in [-0.2, 0) is 14.8 Å². The van der Waals surface area contributed by atoms with Gasteiger partial charge in [-0.15, -0.1) is 11.3 Å². The van der Waals surface area contributed by atoms with Crippen LogP contribution in [0.5, 0.6) is 0 Å². The van der Waals surface area contributed by atoms with E-state index in [0.29, 0.717) is 17.9 Å². The molecule has 0 aliphatic carbocycles. The number of rotatable bonds is 9. The monoisotopic (exact) mass is 458 g/mol. The number of hydrogen-bond donors (Lipinski definition) is 2. The fourth-order valence-electron chi connectivity index (χ4n) is 2.64. The third-order valence-corrected chi connectivity index (χ3v) is 6.57. The molecule has 0 saturated carbocycles. The van der Waals surface area contributed by atoms with Crippen molar-refractivity contribution >= 4 is 44.6 Å². The molecule has 1 heterocycles. The van der Waals surface area contributed by atoms with Gasteiger partial charge >= 0.3 is 5.97 Å². The average Bonchev–Trinajstić information content (AvgIpc) is 3.22. The Bertz CT molecular complexity index is 1140. The Morgan fingerprint density at radius 2 is 1.71 bits per heavy atom. The highest BCUT2D eigenvalue weighted by atomic mass is 32.2. The van der Waals surface area contributed by atoms with Crippen LogP contribution >= 0.6 is 11.3 Å². The van der Waals surface area contributed by atoms with Gasteiger partial charge < -0.3 is 10.1 Å². The van der Waals surface area contributed by atoms with Crippen LogP contribution < -0.4 is 10.0 Å². The Morgan fingerprint density at radius 3 is 2.39 bits per heavy atom. The number of ether oxygens (including phenoxy) is 1. The normalized spacial score (nSPS) is 11.0. The zero-order chi connectivity index (χ0) is 22.3. The minimum absolute atomic E-state index is 0.106. The molecule has 0 spiro atoms. The predicted molar refractivity (Wildman–Crippen MR) is 121 cm³/mol. The Kier molecular flexibility index (Phi) is 7.43. The second-order valence-corrected chi connectivity index (χ2v) is 9.20. The van der Waals surface area contributed by atoms with Crippen molar-refractivity contribution in [1.29, 1.82) is 0 Å². The minimum Gasteiger partial charge on any atom is -0.462 e. The second-order valence-electron chi connectivity index (χ2n) is 6.60. The van der Waals surface area contributed by atoms with Crippen LogP contribution in [0.15, 0.2) is 70.9 Å². The molecular weight excluding hydrogens is 436 g/mol. The fraction of sp³-hybridized carbons (Fsp3) is 0.182. The maximum absolute atomic E-state index is 12.7. The summed E-state index contributed by atoms with van der Waals surface area (Å²) < 4.78 is 32.7. The number of hydrogen-bond acceptors (Lipinski definition) is 6. The molecule has 0 fully saturated rings. The van der Waals surface area contributed by atoms with Gasteiger partial charge in [-0.1, -0.05) is 31.5 Å². The molecule has 1 amide bonds. The van der Waals surface area contributed by atoms with E-state index in [4.69, 9.17) is 4.74 Å². The van der Waals surface area contributed by atoms with Crippen molar-refractivity contribution < 1.29 is 22.7 Å². The maximum Gasteiger partial charge on any atom is 0.338 e. The summed E-state index contributed by atoms with van der Waals surface area (Å²) in [6.07, 6.45) is 1.74. The maximum atomic E-state index is 12.7. The highest BCUT2D eigenvalue weighted by molar-refractivity contribution is 7.92. The molecule has 1 aromatic heterocycles. The third kappa shape index (κ3) is 5.93. The standard InChI is InChI=1S/C22H22N2O5S2/c1-2-3-14-29-22(26)16-9-11-17(12-10-16)23-21(25)20-19(13-15-30-20)24-31(27,28)18-7-5-4-6-8-18/h4-13,15,24H,2-3,14H2,1H3,(H,23,25). The average molecular weight is 459 g/mol. The van der Waals surface area contributed by atoms with Crippen molar-refractivity contribution in [2.75, 3.05) is 16.6 Å². The molecule has 0 unspecified atom stereocenters. The summed E-state index contributed by atoms with van der Waals surface area (Å²) in [6, 6.07) is 15.8. The first kappa shape index (κ1) is 22.5. The third-order valence-electron chi connectivity index (χ3n) is 4.28. The summed E-state index contributed by atoms with van der Waals surface area (Å²) in [5, 5.41) is 4.35. The lowest BCUT2D eigenvalue weighted by Crippen LogP contribution is -2.17. The summed E-state index contributed by atoms with van der Waals surface area (Å²) in [5.74, 6) is -0.874. The van der Waals surface area contributed by atoms with Crippen LogP contribution in [0.1, 0.15) is 39.8 Å². The Labute approximate surface area is 185 Å². The number of anilines is 2. The van der Waals surface area contributed by atoms with Crippen LogP contribution in [0.2, 0.25) is 0 Å². The van der Waals surface area contributed by atoms with E-state index in [1.807, 2.05) is 6.92 Å². The van der Waals surface area contributed by atoms with Gasteiger partial charge in [0.25, 0.3) is 15.9 Å². The zero-order valence-electron chi connectivity index (χ0n) is 16.8. The molecule has 0 saturated heterocycles. The lowest BCUT2D eigenvalue weighted by molar-refractivity contribution is 0.0499. The van der Waals surface area contributed by atoms with E-state index >= 15 is 0 Å². The summed E-state index contributed by atoms with van der Waals surface area (Å²) in [4.78, 5) is 25.0. The molecule has 3 rings (SSSR count). The molecule has 31 heavy (non-hydrogen) atoms. The van der Waals surface area contributed by atoms with Crippen molar-refractivity contribution in [3.63, 3.8) is 0 Å². The van der Waals surface area contributed by atoms with Crippen LogP contribution in [0.3, 0.4) is 0 Å². The number of amides is 1. The fourth-order valence-corrected chi connectivity index (χ4v) is 4.54. The molecule has 0 bridgehead atoms. The topological polar surface area (TPSA) is 102 Å². The first-order valence-corrected chi connectivity index (χ1v) is 12.0. The number of unbranched alkanes of at least 4 members (excludes halogenated alkanes) is 1. The van der Waals surface area contributed by atoms with Gasteiger partial charge in [-0.2, -0.15) is 0 Å². The van der Waals surface area contributed by atoms with Gasteiger partial charge in [0.05, 0.1) is 22.8 Å². The van der Waals surface area contributed by atoms with E-state index in [-0.39, 0.29) is 15.5 Å². The van der Waals surface area contributed by atoms with Crippen molar-refractivity contribution in [1.82, 2.24) is 0 Å². The van der Waals surface area contributed by atoms with Crippen LogP contribution in [0, 0.1) is 0 Å². The molecule has 0 radical (unpaired) electrons. The molecule has 0 atom stereocenters. The van der Waals surface area contributed by atoms with E-state index in [2.05, 4.69) is 10.0 Å². The molecule has 162 valence electrons. The van der Waals surface area contributed by atoms with Gasteiger partial charge in [-0.25, -0.2) is 13.2 Å². The van der Waals surface area contributed by atoms with Gasteiger partial charge in [0.1, 0.15) is 4.88 Å². The van der Waals surface area contributed by atoms with Gasteiger partial charge in [0.2, 0.25) is 0 Å². The first-order valence-electron chi connectivity index (χ1n) is 9.64. The van der Waals surface area contributed by atoms with Crippen molar-refractivity contribution in [2.45, 2.75) is 24.7 Å². The highest BCUT2D eigenvalue weighted by Gasteiger charge is 2.20. The lowest BCUT2D eigenvalue weighted by Gasteiger charge is -2.10. The minimum atomic E-state index is -3.81. The SMILES string of the molecule is CCCCOC(=O)c1ccc(NC(=O)c2sccc2NS(=O)(=O)c2ccccc2)cc1. The molecule has 0 aliphatic heterocycles. The number of thiophene rings is 1. The van der Waals surface area contributed by atoms with Crippen molar-refractivity contribution in [2.24, 2.45) is 0 Å². The van der Waals surface area contributed by atoms with E-state index in [1.165, 1.54) is 18.2 Å². The lowest BCUT2D eigenvalue weighted by atomic mass is 10.2. The van der Waals surface area contributed by atoms with Crippen molar-refractivity contribution in [3.8, 4) is 0 Å². The number of nitrogens with one attached hydrogen (secondary N) is 2. The zero-order valence-corrected chi connectivity index (χ0v) is 18.5. The van der Waals surface area contributed by atoms with E-state index in [1.54, 1.807) is 47.8 Å². The van der Waals surface area contributed by atoms with E-state index in [0.717, 1.165) is 24.2 Å². The van der Waals surface area contributed by atoms with Gasteiger partial charge in [-0.05, 0) is 54.3 Å². The number of carbonyl (C=O) groups excluding carboxylic acids is 2. The van der Waals surface area contributed by atoms with E-state index < -0.39 is 21.9 Å². The molecule has 3 aromatic rings. The summed E-state index contributed by atoms with van der Waals surface area (Å²) in [7, 11) is -3.81. The number of carbonyl (C=O) groups is 2.